The minimum Gasteiger partial charge on any atom is -0.338 e. The Morgan fingerprint density at radius 1 is 1.25 bits per heavy atom. The standard InChI is InChI=1S/C13H20N2O/c1-4-7-14-13(16)15-9-12-6-5-10(2)8-11(12)3/h5-6,8H,4,7,9H2,1-3H3,(H2,14,15,16). The number of carbonyl (C=O) groups is 1. The zero-order valence-electron chi connectivity index (χ0n) is 10.3. The maximum atomic E-state index is 11.3. The molecule has 2 N–H and O–H groups in total. The second-order valence-electron chi connectivity index (χ2n) is 4.04. The maximum Gasteiger partial charge on any atom is 0.315 e. The van der Waals surface area contributed by atoms with Crippen molar-refractivity contribution in [3.63, 3.8) is 0 Å². The monoisotopic (exact) mass is 220 g/mol. The van der Waals surface area contributed by atoms with Crippen molar-refractivity contribution in [1.82, 2.24) is 10.6 Å². The van der Waals surface area contributed by atoms with Gasteiger partial charge in [-0.15, -0.1) is 0 Å². The Balaban J connectivity index is 2.45. The number of aryl methyl sites for hydroxylation is 2. The van der Waals surface area contributed by atoms with E-state index in [1.54, 1.807) is 0 Å². The summed E-state index contributed by atoms with van der Waals surface area (Å²) in [5, 5.41) is 5.63. The highest BCUT2D eigenvalue weighted by Crippen LogP contribution is 2.09. The minimum atomic E-state index is -0.0955. The normalized spacial score (nSPS) is 9.94. The summed E-state index contributed by atoms with van der Waals surface area (Å²) >= 11 is 0. The molecule has 0 spiro atoms. The molecule has 0 aromatic heterocycles. The maximum absolute atomic E-state index is 11.3. The first-order valence-electron chi connectivity index (χ1n) is 5.71. The van der Waals surface area contributed by atoms with Crippen molar-refractivity contribution in [2.45, 2.75) is 33.7 Å². The average Bonchev–Trinajstić information content (AvgIpc) is 2.25. The highest BCUT2D eigenvalue weighted by Gasteiger charge is 2.01. The summed E-state index contributed by atoms with van der Waals surface area (Å²) < 4.78 is 0. The molecule has 3 nitrogen and oxygen atoms in total. The van der Waals surface area contributed by atoms with Gasteiger partial charge in [0.05, 0.1) is 0 Å². The summed E-state index contributed by atoms with van der Waals surface area (Å²) in [7, 11) is 0. The van der Waals surface area contributed by atoms with Crippen LogP contribution in [0.25, 0.3) is 0 Å². The van der Waals surface area contributed by atoms with Crippen LogP contribution in [0, 0.1) is 13.8 Å². The first-order valence-corrected chi connectivity index (χ1v) is 5.71. The van der Waals surface area contributed by atoms with E-state index >= 15 is 0 Å². The van der Waals surface area contributed by atoms with Gasteiger partial charge < -0.3 is 10.6 Å². The third kappa shape index (κ3) is 3.93. The van der Waals surface area contributed by atoms with Crippen LogP contribution in [-0.2, 0) is 6.54 Å². The molecule has 0 unspecified atom stereocenters. The lowest BCUT2D eigenvalue weighted by Gasteiger charge is -2.09. The first-order chi connectivity index (χ1) is 7.63. The van der Waals surface area contributed by atoms with Gasteiger partial charge in [0.1, 0.15) is 0 Å². The molecule has 0 aliphatic heterocycles. The summed E-state index contributed by atoms with van der Waals surface area (Å²) in [6.45, 7) is 7.47. The van der Waals surface area contributed by atoms with E-state index in [1.165, 1.54) is 11.1 Å². The van der Waals surface area contributed by atoms with Crippen LogP contribution in [0.1, 0.15) is 30.0 Å². The molecule has 0 radical (unpaired) electrons. The van der Waals surface area contributed by atoms with Gasteiger partial charge in [0.25, 0.3) is 0 Å². The van der Waals surface area contributed by atoms with E-state index in [1.807, 2.05) is 6.92 Å². The van der Waals surface area contributed by atoms with Gasteiger partial charge in [-0.3, -0.25) is 0 Å². The molecule has 1 aromatic rings. The number of rotatable bonds is 4. The Morgan fingerprint density at radius 2 is 2.00 bits per heavy atom. The zero-order chi connectivity index (χ0) is 12.0. The quantitative estimate of drug-likeness (QED) is 0.804. The average molecular weight is 220 g/mol. The van der Waals surface area contributed by atoms with Crippen molar-refractivity contribution in [2.24, 2.45) is 0 Å². The predicted molar refractivity (Wildman–Crippen MR) is 66.4 cm³/mol. The number of amides is 2. The number of benzene rings is 1. The Hall–Kier alpha value is -1.51. The van der Waals surface area contributed by atoms with Crippen molar-refractivity contribution in [3.05, 3.63) is 34.9 Å². The summed E-state index contributed by atoms with van der Waals surface area (Å²) in [5.41, 5.74) is 3.63. The molecule has 88 valence electrons. The van der Waals surface area contributed by atoms with Gasteiger partial charge in [-0.1, -0.05) is 30.7 Å². The molecule has 0 heterocycles. The van der Waals surface area contributed by atoms with E-state index in [9.17, 15) is 4.79 Å². The Labute approximate surface area is 97.2 Å². The van der Waals surface area contributed by atoms with Crippen LogP contribution in [-0.4, -0.2) is 12.6 Å². The van der Waals surface area contributed by atoms with E-state index in [2.05, 4.69) is 42.7 Å². The molecular formula is C13H20N2O. The molecule has 2 amide bonds. The second-order valence-corrected chi connectivity index (χ2v) is 4.04. The molecule has 0 saturated carbocycles. The van der Waals surface area contributed by atoms with Gasteiger partial charge >= 0.3 is 6.03 Å². The van der Waals surface area contributed by atoms with Crippen LogP contribution in [0.4, 0.5) is 4.79 Å². The van der Waals surface area contributed by atoms with Gasteiger partial charge in [0, 0.05) is 13.1 Å². The highest BCUT2D eigenvalue weighted by atomic mass is 16.2. The summed E-state index contributed by atoms with van der Waals surface area (Å²) in [6, 6.07) is 6.15. The Kier molecular flexibility index (Phi) is 4.83. The molecule has 0 aliphatic carbocycles. The van der Waals surface area contributed by atoms with Gasteiger partial charge in [-0.2, -0.15) is 0 Å². The van der Waals surface area contributed by atoms with Crippen molar-refractivity contribution in [3.8, 4) is 0 Å². The molecule has 1 aromatic carbocycles. The molecule has 0 saturated heterocycles. The topological polar surface area (TPSA) is 41.1 Å². The predicted octanol–water partition coefficient (Wildman–Crippen LogP) is 2.51. The van der Waals surface area contributed by atoms with Crippen LogP contribution >= 0.6 is 0 Å². The third-order valence-corrected chi connectivity index (χ3v) is 2.47. The summed E-state index contributed by atoms with van der Waals surface area (Å²) in [6.07, 6.45) is 0.955. The van der Waals surface area contributed by atoms with Crippen LogP contribution in [0.5, 0.6) is 0 Å². The van der Waals surface area contributed by atoms with Crippen LogP contribution in [0.15, 0.2) is 18.2 Å². The molecule has 0 atom stereocenters. The SMILES string of the molecule is CCCNC(=O)NCc1ccc(C)cc1C. The molecule has 16 heavy (non-hydrogen) atoms. The lowest BCUT2D eigenvalue weighted by molar-refractivity contribution is 0.240. The van der Waals surface area contributed by atoms with Gasteiger partial charge in [-0.25, -0.2) is 4.79 Å². The Bertz CT molecular complexity index is 361. The first kappa shape index (κ1) is 12.6. The summed E-state index contributed by atoms with van der Waals surface area (Å²) in [5.74, 6) is 0. The minimum absolute atomic E-state index is 0.0955. The van der Waals surface area contributed by atoms with E-state index < -0.39 is 0 Å². The van der Waals surface area contributed by atoms with Crippen molar-refractivity contribution < 1.29 is 4.79 Å². The number of hydrogen-bond donors (Lipinski definition) is 2. The number of urea groups is 1. The van der Waals surface area contributed by atoms with E-state index in [0.29, 0.717) is 6.54 Å². The van der Waals surface area contributed by atoms with Crippen molar-refractivity contribution in [2.75, 3.05) is 6.54 Å². The number of hydrogen-bond acceptors (Lipinski definition) is 1. The van der Waals surface area contributed by atoms with Crippen LogP contribution < -0.4 is 10.6 Å². The zero-order valence-corrected chi connectivity index (χ0v) is 10.3. The molecular weight excluding hydrogens is 200 g/mol. The van der Waals surface area contributed by atoms with Crippen LogP contribution in [0.2, 0.25) is 0 Å². The molecule has 3 heteroatoms. The third-order valence-electron chi connectivity index (χ3n) is 2.47. The number of nitrogens with one attached hydrogen (secondary N) is 2. The Morgan fingerprint density at radius 3 is 2.62 bits per heavy atom. The second kappa shape index (κ2) is 6.16. The smallest absolute Gasteiger partial charge is 0.315 e. The van der Waals surface area contributed by atoms with Gasteiger partial charge in [-0.05, 0) is 31.4 Å². The molecule has 0 fully saturated rings. The fourth-order valence-electron chi connectivity index (χ4n) is 1.52. The van der Waals surface area contributed by atoms with Gasteiger partial charge in [0.2, 0.25) is 0 Å². The fourth-order valence-corrected chi connectivity index (χ4v) is 1.52. The number of carbonyl (C=O) groups excluding carboxylic acids is 1. The van der Waals surface area contributed by atoms with Crippen molar-refractivity contribution in [1.29, 1.82) is 0 Å². The largest absolute Gasteiger partial charge is 0.338 e. The summed E-state index contributed by atoms with van der Waals surface area (Å²) in [4.78, 5) is 11.3. The van der Waals surface area contributed by atoms with Gasteiger partial charge in [0.15, 0.2) is 0 Å². The van der Waals surface area contributed by atoms with Crippen molar-refractivity contribution >= 4 is 6.03 Å². The molecule has 0 aliphatic rings. The lowest BCUT2D eigenvalue weighted by Crippen LogP contribution is -2.35. The van der Waals surface area contributed by atoms with E-state index in [0.717, 1.165) is 18.5 Å². The highest BCUT2D eigenvalue weighted by molar-refractivity contribution is 5.73. The lowest BCUT2D eigenvalue weighted by atomic mass is 10.1. The van der Waals surface area contributed by atoms with Crippen LogP contribution in [0.3, 0.4) is 0 Å². The molecule has 1 rings (SSSR count). The van der Waals surface area contributed by atoms with E-state index in [4.69, 9.17) is 0 Å². The van der Waals surface area contributed by atoms with E-state index in [-0.39, 0.29) is 6.03 Å². The molecule has 0 bridgehead atoms. The fraction of sp³-hybridized carbons (Fsp3) is 0.462.